The fourth-order valence-corrected chi connectivity index (χ4v) is 3.74. The monoisotopic (exact) mass is 343 g/mol. The van der Waals surface area contributed by atoms with Gasteiger partial charge in [0.25, 0.3) is 0 Å². The quantitative estimate of drug-likeness (QED) is 0.852. The summed E-state index contributed by atoms with van der Waals surface area (Å²) in [4.78, 5) is 19.4. The molecule has 1 aliphatic heterocycles. The van der Waals surface area contributed by atoms with Crippen molar-refractivity contribution in [2.45, 2.75) is 50.9 Å². The van der Waals surface area contributed by atoms with Crippen LogP contribution in [-0.2, 0) is 11.8 Å². The van der Waals surface area contributed by atoms with Gasteiger partial charge in [0, 0.05) is 44.1 Å². The zero-order valence-electron chi connectivity index (χ0n) is 15.1. The Morgan fingerprint density at radius 3 is 2.92 bits per heavy atom. The fraction of sp³-hybridized carbons (Fsp3) is 0.667. The summed E-state index contributed by atoms with van der Waals surface area (Å²) in [6, 6.07) is 0. The van der Waals surface area contributed by atoms with Crippen LogP contribution in [0.1, 0.15) is 68.1 Å². The Labute approximate surface area is 147 Å². The summed E-state index contributed by atoms with van der Waals surface area (Å²) in [7, 11) is 1.91. The van der Waals surface area contributed by atoms with Crippen LogP contribution in [0.5, 0.6) is 0 Å². The molecule has 0 N–H and O–H groups in total. The lowest BCUT2D eigenvalue weighted by atomic mass is 9.96. The molecule has 0 spiro atoms. The molecule has 25 heavy (non-hydrogen) atoms. The average molecular weight is 343 g/mol. The van der Waals surface area contributed by atoms with E-state index in [1.54, 1.807) is 4.68 Å². The molecule has 3 atom stereocenters. The number of aryl methyl sites for hydroxylation is 1. The van der Waals surface area contributed by atoms with E-state index in [0.717, 1.165) is 31.6 Å². The molecule has 0 bridgehead atoms. The van der Waals surface area contributed by atoms with Gasteiger partial charge in [0.2, 0.25) is 11.8 Å². The standard InChI is InChI=1S/C18H25N5O2/c1-11(2)17-20-16(21-25-17)12-5-4-6-23(10-12)18(24)15-7-14(15)13-8-19-22(3)9-13/h8-9,11-12,14-15H,4-7,10H2,1-3H3/t12-,14+,15+/m1/s1. The van der Waals surface area contributed by atoms with Crippen molar-refractivity contribution in [1.29, 1.82) is 0 Å². The highest BCUT2D eigenvalue weighted by molar-refractivity contribution is 5.83. The minimum absolute atomic E-state index is 0.111. The Balaban J connectivity index is 1.40. The van der Waals surface area contributed by atoms with Crippen molar-refractivity contribution in [1.82, 2.24) is 24.8 Å². The second kappa shape index (κ2) is 6.28. The highest BCUT2D eigenvalue weighted by Gasteiger charge is 2.47. The van der Waals surface area contributed by atoms with Crippen LogP contribution >= 0.6 is 0 Å². The Hall–Kier alpha value is -2.18. The van der Waals surface area contributed by atoms with Gasteiger partial charge in [-0.3, -0.25) is 9.48 Å². The van der Waals surface area contributed by atoms with E-state index < -0.39 is 0 Å². The molecule has 2 aromatic heterocycles. The van der Waals surface area contributed by atoms with Gasteiger partial charge < -0.3 is 9.42 Å². The minimum Gasteiger partial charge on any atom is -0.342 e. The van der Waals surface area contributed by atoms with E-state index in [9.17, 15) is 4.79 Å². The highest BCUT2D eigenvalue weighted by atomic mass is 16.5. The molecule has 1 amide bonds. The van der Waals surface area contributed by atoms with Crippen molar-refractivity contribution in [2.24, 2.45) is 13.0 Å². The maximum absolute atomic E-state index is 12.9. The number of amides is 1. The first-order valence-corrected chi connectivity index (χ1v) is 9.13. The number of rotatable bonds is 4. The van der Waals surface area contributed by atoms with Crippen molar-refractivity contribution < 1.29 is 9.32 Å². The summed E-state index contributed by atoms with van der Waals surface area (Å²) in [6.07, 6.45) is 6.84. The van der Waals surface area contributed by atoms with Gasteiger partial charge in [-0.05, 0) is 30.7 Å². The summed E-state index contributed by atoms with van der Waals surface area (Å²) in [5.74, 6) is 2.56. The van der Waals surface area contributed by atoms with Crippen molar-refractivity contribution in [3.8, 4) is 0 Å². The molecule has 7 nitrogen and oxygen atoms in total. The predicted molar refractivity (Wildman–Crippen MR) is 91.0 cm³/mol. The number of hydrogen-bond donors (Lipinski definition) is 0. The van der Waals surface area contributed by atoms with Crippen LogP contribution in [0.15, 0.2) is 16.9 Å². The van der Waals surface area contributed by atoms with Crippen LogP contribution in [0.4, 0.5) is 0 Å². The summed E-state index contributed by atoms with van der Waals surface area (Å²) >= 11 is 0. The molecule has 3 heterocycles. The molecular formula is C18H25N5O2. The maximum Gasteiger partial charge on any atom is 0.229 e. The molecule has 1 aliphatic carbocycles. The van der Waals surface area contributed by atoms with Crippen molar-refractivity contribution in [3.05, 3.63) is 29.7 Å². The number of aromatic nitrogens is 4. The van der Waals surface area contributed by atoms with Gasteiger partial charge in [0.05, 0.1) is 6.20 Å². The van der Waals surface area contributed by atoms with Crippen LogP contribution in [0.25, 0.3) is 0 Å². The Bertz CT molecular complexity index is 765. The molecule has 2 aromatic rings. The summed E-state index contributed by atoms with van der Waals surface area (Å²) in [6.45, 7) is 5.62. The molecule has 4 rings (SSSR count). The Kier molecular flexibility index (Phi) is 4.09. The molecule has 1 saturated carbocycles. The third kappa shape index (κ3) is 3.19. The lowest BCUT2D eigenvalue weighted by Gasteiger charge is -2.31. The lowest BCUT2D eigenvalue weighted by Crippen LogP contribution is -2.40. The molecule has 0 radical (unpaired) electrons. The normalized spacial score (nSPS) is 26.2. The van der Waals surface area contributed by atoms with Crippen LogP contribution in [0, 0.1) is 5.92 Å². The third-order valence-corrected chi connectivity index (χ3v) is 5.31. The first kappa shape index (κ1) is 16.3. The smallest absolute Gasteiger partial charge is 0.229 e. The van der Waals surface area contributed by atoms with Crippen LogP contribution in [-0.4, -0.2) is 43.8 Å². The van der Waals surface area contributed by atoms with E-state index in [-0.39, 0.29) is 23.7 Å². The van der Waals surface area contributed by atoms with Crippen molar-refractivity contribution in [3.63, 3.8) is 0 Å². The number of hydrogen-bond acceptors (Lipinski definition) is 5. The van der Waals surface area contributed by atoms with Gasteiger partial charge in [-0.2, -0.15) is 10.1 Å². The number of piperidine rings is 1. The molecule has 0 aromatic carbocycles. The van der Waals surface area contributed by atoms with Gasteiger partial charge in [-0.15, -0.1) is 0 Å². The summed E-state index contributed by atoms with van der Waals surface area (Å²) in [5.41, 5.74) is 1.18. The number of likely N-dealkylation sites (tertiary alicyclic amines) is 1. The largest absolute Gasteiger partial charge is 0.342 e. The van der Waals surface area contributed by atoms with E-state index in [1.165, 1.54) is 5.56 Å². The van der Waals surface area contributed by atoms with Gasteiger partial charge in [-0.25, -0.2) is 0 Å². The molecular weight excluding hydrogens is 318 g/mol. The van der Waals surface area contributed by atoms with Crippen LogP contribution in [0.3, 0.4) is 0 Å². The molecule has 2 aliphatic rings. The van der Waals surface area contributed by atoms with Crippen molar-refractivity contribution in [2.75, 3.05) is 13.1 Å². The summed E-state index contributed by atoms with van der Waals surface area (Å²) < 4.78 is 7.14. The zero-order valence-corrected chi connectivity index (χ0v) is 15.1. The Morgan fingerprint density at radius 1 is 1.40 bits per heavy atom. The topological polar surface area (TPSA) is 77.1 Å². The molecule has 7 heteroatoms. The van der Waals surface area contributed by atoms with Gasteiger partial charge in [0.15, 0.2) is 5.82 Å². The second-order valence-corrected chi connectivity index (χ2v) is 7.66. The third-order valence-electron chi connectivity index (χ3n) is 5.31. The highest BCUT2D eigenvalue weighted by Crippen LogP contribution is 2.48. The lowest BCUT2D eigenvalue weighted by molar-refractivity contribution is -0.133. The van der Waals surface area contributed by atoms with Gasteiger partial charge in [-0.1, -0.05) is 19.0 Å². The van der Waals surface area contributed by atoms with Crippen LogP contribution < -0.4 is 0 Å². The number of carbonyl (C=O) groups excluding carboxylic acids is 1. The predicted octanol–water partition coefficient (Wildman–Crippen LogP) is 2.44. The zero-order chi connectivity index (χ0) is 17.6. The van der Waals surface area contributed by atoms with E-state index in [1.807, 2.05) is 38.2 Å². The maximum atomic E-state index is 12.9. The molecule has 134 valence electrons. The summed E-state index contributed by atoms with van der Waals surface area (Å²) in [5, 5.41) is 8.36. The Morgan fingerprint density at radius 2 is 2.24 bits per heavy atom. The van der Waals surface area contributed by atoms with Gasteiger partial charge in [0.1, 0.15) is 0 Å². The SMILES string of the molecule is CC(C)c1nc([C@@H]2CCCN(C(=O)[C@H]3C[C@H]3c3cnn(C)c3)C2)no1. The fourth-order valence-electron chi connectivity index (χ4n) is 3.74. The second-order valence-electron chi connectivity index (χ2n) is 7.66. The van der Waals surface area contributed by atoms with E-state index >= 15 is 0 Å². The van der Waals surface area contributed by atoms with E-state index in [2.05, 4.69) is 15.2 Å². The minimum atomic E-state index is 0.111. The molecule has 1 saturated heterocycles. The van der Waals surface area contributed by atoms with Gasteiger partial charge >= 0.3 is 0 Å². The average Bonchev–Trinajstić information content (AvgIpc) is 3.03. The van der Waals surface area contributed by atoms with E-state index in [0.29, 0.717) is 18.4 Å². The molecule has 2 fully saturated rings. The molecule has 0 unspecified atom stereocenters. The number of nitrogens with zero attached hydrogens (tertiary/aromatic N) is 5. The van der Waals surface area contributed by atoms with E-state index in [4.69, 9.17) is 4.52 Å². The van der Waals surface area contributed by atoms with Crippen LogP contribution in [0.2, 0.25) is 0 Å². The number of carbonyl (C=O) groups is 1. The first-order valence-electron chi connectivity index (χ1n) is 9.13. The first-order chi connectivity index (χ1) is 12.0. The van der Waals surface area contributed by atoms with Crippen molar-refractivity contribution >= 4 is 5.91 Å².